The van der Waals surface area contributed by atoms with Crippen molar-refractivity contribution in [3.05, 3.63) is 112 Å². The lowest BCUT2D eigenvalue weighted by molar-refractivity contribution is 0.0710. The Hall–Kier alpha value is -4.01. The summed E-state index contributed by atoms with van der Waals surface area (Å²) in [5.74, 6) is 2.09. The van der Waals surface area contributed by atoms with E-state index in [1.165, 1.54) is 6.07 Å². The summed E-state index contributed by atoms with van der Waals surface area (Å²) in [5.41, 5.74) is 2.76. The first-order valence-corrected chi connectivity index (χ1v) is 13.6. The summed E-state index contributed by atoms with van der Waals surface area (Å²) >= 11 is 6.09. The molecule has 0 saturated carbocycles. The predicted molar refractivity (Wildman–Crippen MR) is 150 cm³/mol. The van der Waals surface area contributed by atoms with E-state index in [1.807, 2.05) is 59.5 Å². The minimum Gasteiger partial charge on any atom is -0.455 e. The summed E-state index contributed by atoms with van der Waals surface area (Å²) in [7, 11) is 0. The van der Waals surface area contributed by atoms with Gasteiger partial charge in [-0.15, -0.1) is 0 Å². The van der Waals surface area contributed by atoms with Crippen molar-refractivity contribution in [1.82, 2.24) is 9.80 Å². The van der Waals surface area contributed by atoms with E-state index in [1.54, 1.807) is 23.1 Å². The Morgan fingerprint density at radius 3 is 2.35 bits per heavy atom. The molecule has 2 aliphatic rings. The van der Waals surface area contributed by atoms with Gasteiger partial charge in [-0.25, -0.2) is 4.39 Å². The number of hydrogen-bond acceptors (Lipinski definition) is 6. The molecule has 4 aromatic rings. The van der Waals surface area contributed by atoms with E-state index in [2.05, 4.69) is 4.90 Å². The van der Waals surface area contributed by atoms with Gasteiger partial charge in [-0.2, -0.15) is 0 Å². The zero-order valence-corrected chi connectivity index (χ0v) is 22.6. The molecule has 2 aliphatic heterocycles. The molecule has 3 aromatic carbocycles. The van der Waals surface area contributed by atoms with E-state index in [-0.39, 0.29) is 18.5 Å². The summed E-state index contributed by atoms with van der Waals surface area (Å²) in [6, 6.07) is 24.0. The Bertz CT molecular complexity index is 1480. The van der Waals surface area contributed by atoms with Gasteiger partial charge in [0.05, 0.1) is 12.2 Å². The standard InChI is InChI=1S/C31H29ClFN3O4/c32-24-8-5-22(6-9-24)18-34(19-23-7-11-28-30(17-23)39-21-38-28)20-25-10-12-29(40-25)31(37)36-15-13-35(14-16-36)27-4-2-1-3-26(27)33/h1-12,17H,13-16,18-21H2. The van der Waals surface area contributed by atoms with E-state index < -0.39 is 0 Å². The van der Waals surface area contributed by atoms with E-state index >= 15 is 0 Å². The van der Waals surface area contributed by atoms with Crippen LogP contribution in [0.5, 0.6) is 11.5 Å². The summed E-state index contributed by atoms with van der Waals surface area (Å²) in [5, 5.41) is 0.690. The summed E-state index contributed by atoms with van der Waals surface area (Å²) < 4.78 is 31.3. The number of ether oxygens (including phenoxy) is 2. The third-order valence-corrected chi connectivity index (χ3v) is 7.43. The SMILES string of the molecule is O=C(c1ccc(CN(Cc2ccc(Cl)cc2)Cc2ccc3c(c2)OCO3)o1)N1CCN(c2ccccc2F)CC1. The Morgan fingerprint density at radius 1 is 0.825 bits per heavy atom. The fraction of sp³-hybridized carbons (Fsp3) is 0.258. The summed E-state index contributed by atoms with van der Waals surface area (Å²) in [6.07, 6.45) is 0. The van der Waals surface area contributed by atoms with Crippen LogP contribution in [0, 0.1) is 5.82 Å². The van der Waals surface area contributed by atoms with Crippen LogP contribution in [0.2, 0.25) is 5.02 Å². The van der Waals surface area contributed by atoms with Crippen molar-refractivity contribution in [2.24, 2.45) is 0 Å². The fourth-order valence-electron chi connectivity index (χ4n) is 5.13. The highest BCUT2D eigenvalue weighted by Crippen LogP contribution is 2.33. The second kappa shape index (κ2) is 11.6. The van der Waals surface area contributed by atoms with Gasteiger partial charge in [-0.1, -0.05) is 41.9 Å². The molecule has 0 bridgehead atoms. The van der Waals surface area contributed by atoms with Crippen LogP contribution in [0.3, 0.4) is 0 Å². The number of carbonyl (C=O) groups is 1. The van der Waals surface area contributed by atoms with E-state index in [9.17, 15) is 9.18 Å². The molecule has 7 nitrogen and oxygen atoms in total. The molecule has 1 amide bonds. The van der Waals surface area contributed by atoms with Crippen LogP contribution < -0.4 is 14.4 Å². The lowest BCUT2D eigenvalue weighted by Crippen LogP contribution is -2.49. The molecule has 206 valence electrons. The number of benzene rings is 3. The van der Waals surface area contributed by atoms with Gasteiger partial charge in [0.15, 0.2) is 17.3 Å². The highest BCUT2D eigenvalue weighted by molar-refractivity contribution is 6.30. The third kappa shape index (κ3) is 5.93. The van der Waals surface area contributed by atoms with Crippen molar-refractivity contribution in [1.29, 1.82) is 0 Å². The first-order valence-electron chi connectivity index (χ1n) is 13.2. The van der Waals surface area contributed by atoms with Crippen LogP contribution in [0.1, 0.15) is 27.4 Å². The second-order valence-corrected chi connectivity index (χ2v) is 10.4. The second-order valence-electron chi connectivity index (χ2n) is 9.96. The molecule has 0 atom stereocenters. The highest BCUT2D eigenvalue weighted by atomic mass is 35.5. The van der Waals surface area contributed by atoms with Gasteiger partial charge in [-0.05, 0) is 59.7 Å². The van der Waals surface area contributed by atoms with E-state index in [0.717, 1.165) is 22.6 Å². The van der Waals surface area contributed by atoms with Crippen molar-refractivity contribution >= 4 is 23.2 Å². The molecule has 3 heterocycles. The first-order chi connectivity index (χ1) is 19.5. The molecule has 0 aliphatic carbocycles. The van der Waals surface area contributed by atoms with Gasteiger partial charge < -0.3 is 23.7 Å². The number of para-hydroxylation sites is 1. The van der Waals surface area contributed by atoms with E-state index in [0.29, 0.717) is 68.0 Å². The summed E-state index contributed by atoms with van der Waals surface area (Å²) in [4.78, 5) is 19.2. The van der Waals surface area contributed by atoms with Gasteiger partial charge in [-0.3, -0.25) is 9.69 Å². The molecule has 1 saturated heterocycles. The molecule has 0 unspecified atom stereocenters. The van der Waals surface area contributed by atoms with Crippen molar-refractivity contribution in [3.63, 3.8) is 0 Å². The fourth-order valence-corrected chi connectivity index (χ4v) is 5.25. The van der Waals surface area contributed by atoms with Gasteiger partial charge in [0, 0.05) is 44.3 Å². The van der Waals surface area contributed by atoms with Crippen molar-refractivity contribution in [2.75, 3.05) is 37.9 Å². The number of carbonyl (C=O) groups excluding carboxylic acids is 1. The number of hydrogen-bond donors (Lipinski definition) is 0. The minimum atomic E-state index is -0.248. The molecule has 0 radical (unpaired) electrons. The Kier molecular flexibility index (Phi) is 7.62. The Labute approximate surface area is 237 Å². The monoisotopic (exact) mass is 561 g/mol. The molecule has 40 heavy (non-hydrogen) atoms. The molecule has 0 spiro atoms. The molecule has 6 rings (SSSR count). The smallest absolute Gasteiger partial charge is 0.289 e. The van der Waals surface area contributed by atoms with Gasteiger partial charge >= 0.3 is 0 Å². The number of halogens is 2. The maximum absolute atomic E-state index is 14.2. The first kappa shape index (κ1) is 26.2. The van der Waals surface area contributed by atoms with Gasteiger partial charge in [0.1, 0.15) is 11.6 Å². The highest BCUT2D eigenvalue weighted by Gasteiger charge is 2.26. The molecular weight excluding hydrogens is 533 g/mol. The molecule has 0 N–H and O–H groups in total. The number of piperazine rings is 1. The maximum atomic E-state index is 14.2. The number of amides is 1. The van der Waals surface area contributed by atoms with Crippen LogP contribution in [0.15, 0.2) is 83.3 Å². The van der Waals surface area contributed by atoms with Crippen LogP contribution in [-0.2, 0) is 19.6 Å². The minimum absolute atomic E-state index is 0.153. The maximum Gasteiger partial charge on any atom is 0.289 e. The van der Waals surface area contributed by atoms with Crippen LogP contribution in [0.4, 0.5) is 10.1 Å². The van der Waals surface area contributed by atoms with Crippen molar-refractivity contribution in [3.8, 4) is 11.5 Å². The Morgan fingerprint density at radius 2 is 1.55 bits per heavy atom. The molecular formula is C31H29ClFN3O4. The molecule has 1 aromatic heterocycles. The average Bonchev–Trinajstić information content (AvgIpc) is 3.64. The largest absolute Gasteiger partial charge is 0.455 e. The van der Waals surface area contributed by atoms with Crippen LogP contribution >= 0.6 is 11.6 Å². The number of anilines is 1. The van der Waals surface area contributed by atoms with E-state index in [4.69, 9.17) is 25.5 Å². The molecule has 9 heteroatoms. The topological polar surface area (TPSA) is 58.4 Å². The normalized spacial score (nSPS) is 14.7. The van der Waals surface area contributed by atoms with Crippen LogP contribution in [0.25, 0.3) is 0 Å². The van der Waals surface area contributed by atoms with Crippen molar-refractivity contribution < 1.29 is 23.1 Å². The zero-order valence-electron chi connectivity index (χ0n) is 21.9. The van der Waals surface area contributed by atoms with Crippen LogP contribution in [-0.4, -0.2) is 48.7 Å². The number of furan rings is 1. The third-order valence-electron chi connectivity index (χ3n) is 7.17. The predicted octanol–water partition coefficient (Wildman–Crippen LogP) is 5.97. The lowest BCUT2D eigenvalue weighted by Gasteiger charge is -2.35. The quantitative estimate of drug-likeness (QED) is 0.264. The summed E-state index contributed by atoms with van der Waals surface area (Å²) in [6.45, 7) is 4.15. The molecule has 1 fully saturated rings. The number of fused-ring (bicyclic) bond motifs is 1. The Balaban J connectivity index is 1.12. The van der Waals surface area contributed by atoms with Gasteiger partial charge in [0.25, 0.3) is 5.91 Å². The lowest BCUT2D eigenvalue weighted by atomic mass is 10.1. The number of rotatable bonds is 8. The van der Waals surface area contributed by atoms with Gasteiger partial charge in [0.2, 0.25) is 6.79 Å². The number of nitrogens with zero attached hydrogens (tertiary/aromatic N) is 3. The average molecular weight is 562 g/mol. The van der Waals surface area contributed by atoms with Crippen molar-refractivity contribution in [2.45, 2.75) is 19.6 Å². The zero-order chi connectivity index (χ0) is 27.5.